The van der Waals surface area contributed by atoms with Crippen molar-refractivity contribution in [2.75, 3.05) is 7.05 Å². The van der Waals surface area contributed by atoms with E-state index in [0.717, 1.165) is 6.42 Å². The standard InChI is InChI=1S/C12H21N3O/c1-6-9-11(13)15(8(3)4)10(7-2)12(16)14(9)5/h6,8,10,13H,7H2,1-5H3/b9-6+,13-11?. The van der Waals surface area contributed by atoms with Crippen LogP contribution in [0.5, 0.6) is 0 Å². The lowest BCUT2D eigenvalue weighted by atomic mass is 10.0. The molecule has 1 aliphatic heterocycles. The van der Waals surface area contributed by atoms with E-state index >= 15 is 0 Å². The van der Waals surface area contributed by atoms with Crippen molar-refractivity contribution in [3.05, 3.63) is 11.8 Å². The van der Waals surface area contributed by atoms with Gasteiger partial charge in [-0.25, -0.2) is 0 Å². The number of hydrogen-bond donors (Lipinski definition) is 1. The first-order valence-corrected chi connectivity index (χ1v) is 5.76. The zero-order chi connectivity index (χ0) is 12.5. The zero-order valence-electron chi connectivity index (χ0n) is 10.7. The third-order valence-electron chi connectivity index (χ3n) is 3.03. The van der Waals surface area contributed by atoms with Crippen molar-refractivity contribution < 1.29 is 4.79 Å². The number of amides is 1. The maximum absolute atomic E-state index is 12.1. The number of hydrogen-bond acceptors (Lipinski definition) is 2. The number of amidine groups is 1. The summed E-state index contributed by atoms with van der Waals surface area (Å²) in [5, 5.41) is 8.15. The zero-order valence-corrected chi connectivity index (χ0v) is 10.7. The van der Waals surface area contributed by atoms with Gasteiger partial charge in [0, 0.05) is 13.1 Å². The fourth-order valence-corrected chi connectivity index (χ4v) is 2.23. The molecule has 1 fully saturated rings. The van der Waals surface area contributed by atoms with Crippen molar-refractivity contribution in [2.45, 2.75) is 46.2 Å². The van der Waals surface area contributed by atoms with Crippen LogP contribution in [0.15, 0.2) is 11.8 Å². The molecule has 4 nitrogen and oxygen atoms in total. The molecule has 1 unspecified atom stereocenters. The van der Waals surface area contributed by atoms with Gasteiger partial charge in [0.1, 0.15) is 11.9 Å². The van der Waals surface area contributed by atoms with Crippen LogP contribution in [0, 0.1) is 5.41 Å². The summed E-state index contributed by atoms with van der Waals surface area (Å²) in [6.45, 7) is 7.88. The lowest BCUT2D eigenvalue weighted by Gasteiger charge is -2.44. The molecule has 0 saturated carbocycles. The Balaban J connectivity index is 3.16. The highest BCUT2D eigenvalue weighted by molar-refractivity contribution is 6.05. The average Bonchev–Trinajstić information content (AvgIpc) is 2.23. The average molecular weight is 223 g/mol. The maximum Gasteiger partial charge on any atom is 0.249 e. The highest BCUT2D eigenvalue weighted by Gasteiger charge is 2.38. The van der Waals surface area contributed by atoms with Crippen LogP contribution in [0.4, 0.5) is 0 Å². The fourth-order valence-electron chi connectivity index (χ4n) is 2.23. The Labute approximate surface area is 97.4 Å². The number of carbonyl (C=O) groups excluding carboxylic acids is 1. The number of allylic oxidation sites excluding steroid dienone is 1. The summed E-state index contributed by atoms with van der Waals surface area (Å²) in [6.07, 6.45) is 2.56. The molecular formula is C12H21N3O. The SMILES string of the molecule is C/C=C1\C(=N)N(C(C)C)C(CC)C(=O)N1C. The van der Waals surface area contributed by atoms with Gasteiger partial charge in [0.15, 0.2) is 0 Å². The van der Waals surface area contributed by atoms with Crippen molar-refractivity contribution >= 4 is 11.7 Å². The van der Waals surface area contributed by atoms with E-state index in [9.17, 15) is 4.79 Å². The molecule has 4 heteroatoms. The van der Waals surface area contributed by atoms with Crippen LogP contribution >= 0.6 is 0 Å². The quantitative estimate of drug-likeness (QED) is 0.776. The first-order chi connectivity index (χ1) is 7.45. The number of carbonyl (C=O) groups is 1. The minimum atomic E-state index is -0.193. The summed E-state index contributed by atoms with van der Waals surface area (Å²) in [5.41, 5.74) is 0.698. The monoisotopic (exact) mass is 223 g/mol. The van der Waals surface area contributed by atoms with Crippen molar-refractivity contribution in [1.82, 2.24) is 9.80 Å². The molecule has 90 valence electrons. The molecule has 1 rings (SSSR count). The number of likely N-dealkylation sites (N-methyl/N-ethyl adjacent to an activating group) is 1. The maximum atomic E-state index is 12.1. The van der Waals surface area contributed by atoms with Gasteiger partial charge in [-0.1, -0.05) is 13.0 Å². The Bertz CT molecular complexity index is 333. The molecule has 1 amide bonds. The minimum absolute atomic E-state index is 0.0836. The van der Waals surface area contributed by atoms with Crippen LogP contribution in [0.25, 0.3) is 0 Å². The van der Waals surface area contributed by atoms with E-state index in [0.29, 0.717) is 11.5 Å². The highest BCUT2D eigenvalue weighted by atomic mass is 16.2. The predicted octanol–water partition coefficient (Wildman–Crippen LogP) is 1.83. The van der Waals surface area contributed by atoms with Gasteiger partial charge < -0.3 is 9.80 Å². The Hall–Kier alpha value is -1.32. The van der Waals surface area contributed by atoms with Crippen molar-refractivity contribution in [2.24, 2.45) is 0 Å². The van der Waals surface area contributed by atoms with Crippen LogP contribution in [-0.2, 0) is 4.79 Å². The minimum Gasteiger partial charge on any atom is -0.341 e. The number of rotatable bonds is 2. The van der Waals surface area contributed by atoms with Gasteiger partial charge in [0.05, 0.1) is 5.70 Å². The first kappa shape index (κ1) is 12.7. The molecule has 0 radical (unpaired) electrons. The highest BCUT2D eigenvalue weighted by Crippen LogP contribution is 2.23. The van der Waals surface area contributed by atoms with Gasteiger partial charge in [-0.3, -0.25) is 10.2 Å². The topological polar surface area (TPSA) is 47.4 Å². The van der Waals surface area contributed by atoms with Crippen LogP contribution in [0.2, 0.25) is 0 Å². The van der Waals surface area contributed by atoms with Crippen LogP contribution < -0.4 is 0 Å². The smallest absolute Gasteiger partial charge is 0.249 e. The molecule has 1 aliphatic rings. The normalized spacial score (nSPS) is 24.9. The van der Waals surface area contributed by atoms with Gasteiger partial charge >= 0.3 is 0 Å². The van der Waals surface area contributed by atoms with E-state index in [1.54, 1.807) is 11.9 Å². The fraction of sp³-hybridized carbons (Fsp3) is 0.667. The van der Waals surface area contributed by atoms with Crippen LogP contribution in [0.3, 0.4) is 0 Å². The van der Waals surface area contributed by atoms with E-state index in [1.807, 2.05) is 38.7 Å². The van der Waals surface area contributed by atoms with E-state index in [4.69, 9.17) is 5.41 Å². The third-order valence-corrected chi connectivity index (χ3v) is 3.03. The summed E-state index contributed by atoms with van der Waals surface area (Å²) < 4.78 is 0. The molecule has 1 saturated heterocycles. The van der Waals surface area contributed by atoms with Crippen molar-refractivity contribution in [3.63, 3.8) is 0 Å². The summed E-state index contributed by atoms with van der Waals surface area (Å²) in [4.78, 5) is 15.6. The molecule has 0 aliphatic carbocycles. The van der Waals surface area contributed by atoms with E-state index in [2.05, 4.69) is 0 Å². The van der Waals surface area contributed by atoms with Gasteiger partial charge in [-0.05, 0) is 27.2 Å². The lowest BCUT2D eigenvalue weighted by molar-refractivity contribution is -0.134. The van der Waals surface area contributed by atoms with Gasteiger partial charge in [0.2, 0.25) is 5.91 Å². The molecule has 1 atom stereocenters. The van der Waals surface area contributed by atoms with Crippen LogP contribution in [-0.4, -0.2) is 40.7 Å². The van der Waals surface area contributed by atoms with Gasteiger partial charge in [-0.2, -0.15) is 0 Å². The third kappa shape index (κ3) is 1.84. The Morgan fingerprint density at radius 2 is 2.06 bits per heavy atom. The first-order valence-electron chi connectivity index (χ1n) is 5.76. The molecule has 1 heterocycles. The van der Waals surface area contributed by atoms with E-state index in [1.165, 1.54) is 0 Å². The lowest BCUT2D eigenvalue weighted by Crippen LogP contribution is -2.59. The van der Waals surface area contributed by atoms with Crippen molar-refractivity contribution in [3.8, 4) is 0 Å². The number of piperazine rings is 1. The molecular weight excluding hydrogens is 202 g/mol. The number of nitrogens with one attached hydrogen (secondary N) is 1. The summed E-state index contributed by atoms with van der Waals surface area (Å²) >= 11 is 0. The Kier molecular flexibility index (Phi) is 3.73. The van der Waals surface area contributed by atoms with Crippen molar-refractivity contribution in [1.29, 1.82) is 5.41 Å². The number of nitrogens with zero attached hydrogens (tertiary/aromatic N) is 2. The summed E-state index contributed by atoms with van der Waals surface area (Å²) in [7, 11) is 1.74. The summed E-state index contributed by atoms with van der Waals surface area (Å²) in [6, 6.07) is -0.0220. The largest absolute Gasteiger partial charge is 0.341 e. The molecule has 0 bridgehead atoms. The molecule has 0 spiro atoms. The summed E-state index contributed by atoms with van der Waals surface area (Å²) in [5.74, 6) is 0.534. The molecule has 16 heavy (non-hydrogen) atoms. The predicted molar refractivity (Wildman–Crippen MR) is 65.3 cm³/mol. The Morgan fingerprint density at radius 3 is 2.44 bits per heavy atom. The second kappa shape index (κ2) is 4.68. The van der Waals surface area contributed by atoms with E-state index < -0.39 is 0 Å². The Morgan fingerprint density at radius 1 is 1.50 bits per heavy atom. The molecule has 1 N–H and O–H groups in total. The van der Waals surface area contributed by atoms with Gasteiger partial charge in [-0.15, -0.1) is 0 Å². The van der Waals surface area contributed by atoms with Crippen LogP contribution in [0.1, 0.15) is 34.1 Å². The molecule has 0 aromatic rings. The second-order valence-corrected chi connectivity index (χ2v) is 4.34. The molecule has 0 aromatic heterocycles. The second-order valence-electron chi connectivity index (χ2n) is 4.34. The molecule has 0 aromatic carbocycles. The van der Waals surface area contributed by atoms with E-state index in [-0.39, 0.29) is 18.0 Å². The van der Waals surface area contributed by atoms with Gasteiger partial charge in [0.25, 0.3) is 0 Å².